The Bertz CT molecular complexity index is 853. The molecule has 2 aromatic rings. The summed E-state index contributed by atoms with van der Waals surface area (Å²) in [5.41, 5.74) is 0.491. The quantitative estimate of drug-likeness (QED) is 0.766. The molecule has 1 atom stereocenters. The number of morpholine rings is 1. The number of halogens is 4. The van der Waals surface area contributed by atoms with E-state index >= 15 is 0 Å². The van der Waals surface area contributed by atoms with Crippen molar-refractivity contribution < 1.29 is 22.7 Å². The van der Waals surface area contributed by atoms with E-state index in [1.807, 2.05) is 6.92 Å². The third-order valence-corrected chi connectivity index (χ3v) is 5.06. The molecule has 1 saturated heterocycles. The Morgan fingerprint density at radius 1 is 1.28 bits per heavy atom. The fraction of sp³-hybridized carbons (Fsp3) is 0.400. The van der Waals surface area contributed by atoms with Crippen molar-refractivity contribution in [3.63, 3.8) is 0 Å². The number of pyridine rings is 1. The van der Waals surface area contributed by atoms with E-state index in [-0.39, 0.29) is 11.8 Å². The summed E-state index contributed by atoms with van der Waals surface area (Å²) in [6.45, 7) is 4.39. The van der Waals surface area contributed by atoms with Crippen molar-refractivity contribution in [2.75, 3.05) is 38.2 Å². The van der Waals surface area contributed by atoms with Gasteiger partial charge in [0.15, 0.2) is 0 Å². The van der Waals surface area contributed by atoms with Gasteiger partial charge >= 0.3 is 6.18 Å². The molecule has 0 aliphatic carbocycles. The standard InChI is InChI=1S/C20H21ClF3N3O2/c1-13(14-2-4-16(5-3-14)20(22,23)24)11-25-18-17(21)10-15(12-26-18)19(28)27-6-8-29-9-7-27/h2-5,10,12-13H,6-9,11H2,1H3,(H,25,26). The Hall–Kier alpha value is -2.32. The van der Waals surface area contributed by atoms with E-state index in [1.54, 1.807) is 11.0 Å². The molecule has 1 aliphatic heterocycles. The molecular formula is C20H21ClF3N3O2. The molecule has 0 spiro atoms. The van der Waals surface area contributed by atoms with Crippen LogP contribution in [-0.2, 0) is 10.9 Å². The molecular weight excluding hydrogens is 407 g/mol. The number of hydrogen-bond acceptors (Lipinski definition) is 4. The third-order valence-electron chi connectivity index (χ3n) is 4.77. The van der Waals surface area contributed by atoms with E-state index in [2.05, 4.69) is 10.3 Å². The lowest BCUT2D eigenvalue weighted by molar-refractivity contribution is -0.137. The average Bonchev–Trinajstić information content (AvgIpc) is 2.72. The number of rotatable bonds is 5. The fourth-order valence-electron chi connectivity index (χ4n) is 3.00. The molecule has 0 saturated carbocycles. The van der Waals surface area contributed by atoms with Crippen LogP contribution in [0.3, 0.4) is 0 Å². The van der Waals surface area contributed by atoms with Crippen molar-refractivity contribution in [1.29, 1.82) is 0 Å². The number of ether oxygens (including phenoxy) is 1. The van der Waals surface area contributed by atoms with Crippen LogP contribution in [0.1, 0.15) is 34.3 Å². The second-order valence-corrected chi connectivity index (χ2v) is 7.27. The number of hydrogen-bond donors (Lipinski definition) is 1. The summed E-state index contributed by atoms with van der Waals surface area (Å²) in [6, 6.07) is 6.65. The Balaban J connectivity index is 1.61. The molecule has 1 aromatic heterocycles. The summed E-state index contributed by atoms with van der Waals surface area (Å²) in [5, 5.41) is 3.40. The minimum absolute atomic E-state index is 0.0650. The summed E-state index contributed by atoms with van der Waals surface area (Å²) in [5.74, 6) is 0.209. The number of carbonyl (C=O) groups excluding carboxylic acids is 1. The van der Waals surface area contributed by atoms with Gasteiger partial charge in [0.1, 0.15) is 5.82 Å². The number of anilines is 1. The topological polar surface area (TPSA) is 54.5 Å². The highest BCUT2D eigenvalue weighted by Crippen LogP contribution is 2.30. The van der Waals surface area contributed by atoms with Crippen LogP contribution in [0.25, 0.3) is 0 Å². The van der Waals surface area contributed by atoms with Gasteiger partial charge in [-0.25, -0.2) is 4.98 Å². The smallest absolute Gasteiger partial charge is 0.378 e. The molecule has 29 heavy (non-hydrogen) atoms. The molecule has 0 radical (unpaired) electrons. The summed E-state index contributed by atoms with van der Waals surface area (Å²) < 4.78 is 43.3. The van der Waals surface area contributed by atoms with Crippen LogP contribution in [0.4, 0.5) is 19.0 Å². The number of alkyl halides is 3. The van der Waals surface area contributed by atoms with Gasteiger partial charge in [0.25, 0.3) is 5.91 Å². The monoisotopic (exact) mass is 427 g/mol. The molecule has 9 heteroatoms. The Labute approximate surface area is 171 Å². The molecule has 1 unspecified atom stereocenters. The number of nitrogens with one attached hydrogen (secondary N) is 1. The van der Waals surface area contributed by atoms with E-state index in [0.717, 1.165) is 17.7 Å². The van der Waals surface area contributed by atoms with E-state index in [4.69, 9.17) is 16.3 Å². The molecule has 3 rings (SSSR count). The maximum absolute atomic E-state index is 12.7. The zero-order valence-electron chi connectivity index (χ0n) is 15.8. The largest absolute Gasteiger partial charge is 0.416 e. The lowest BCUT2D eigenvalue weighted by atomic mass is 9.99. The number of benzene rings is 1. The highest BCUT2D eigenvalue weighted by atomic mass is 35.5. The van der Waals surface area contributed by atoms with Crippen molar-refractivity contribution >= 4 is 23.3 Å². The van der Waals surface area contributed by atoms with Crippen LogP contribution in [0.5, 0.6) is 0 Å². The van der Waals surface area contributed by atoms with Gasteiger partial charge in [-0.3, -0.25) is 4.79 Å². The molecule has 1 amide bonds. The van der Waals surface area contributed by atoms with Gasteiger partial charge in [0.2, 0.25) is 0 Å². The number of aromatic nitrogens is 1. The number of nitrogens with zero attached hydrogens (tertiary/aromatic N) is 2. The molecule has 156 valence electrons. The Morgan fingerprint density at radius 3 is 2.52 bits per heavy atom. The summed E-state index contributed by atoms with van der Waals surface area (Å²) >= 11 is 6.27. The minimum Gasteiger partial charge on any atom is -0.378 e. The van der Waals surface area contributed by atoms with Crippen LogP contribution in [0.2, 0.25) is 5.02 Å². The highest BCUT2D eigenvalue weighted by Gasteiger charge is 2.30. The number of amides is 1. The summed E-state index contributed by atoms with van der Waals surface area (Å²) in [7, 11) is 0. The molecule has 2 heterocycles. The minimum atomic E-state index is -4.35. The third kappa shape index (κ3) is 5.39. The van der Waals surface area contributed by atoms with Crippen LogP contribution < -0.4 is 5.32 Å². The first-order valence-electron chi connectivity index (χ1n) is 9.19. The first-order valence-corrected chi connectivity index (χ1v) is 9.57. The molecule has 1 fully saturated rings. The van der Waals surface area contributed by atoms with Crippen molar-refractivity contribution in [3.05, 3.63) is 58.2 Å². The van der Waals surface area contributed by atoms with Crippen LogP contribution in [0, 0.1) is 0 Å². The van der Waals surface area contributed by atoms with E-state index in [0.29, 0.717) is 49.3 Å². The second-order valence-electron chi connectivity index (χ2n) is 6.86. The summed E-state index contributed by atoms with van der Waals surface area (Å²) in [6.07, 6.45) is -2.88. The summed E-state index contributed by atoms with van der Waals surface area (Å²) in [4.78, 5) is 18.4. The zero-order valence-corrected chi connectivity index (χ0v) is 16.6. The van der Waals surface area contributed by atoms with Crippen molar-refractivity contribution in [2.45, 2.75) is 19.0 Å². The van der Waals surface area contributed by atoms with Gasteiger partial charge in [0, 0.05) is 25.8 Å². The fourth-order valence-corrected chi connectivity index (χ4v) is 3.24. The van der Waals surface area contributed by atoms with E-state index in [1.165, 1.54) is 18.3 Å². The van der Waals surface area contributed by atoms with Gasteiger partial charge in [-0.1, -0.05) is 30.7 Å². The maximum Gasteiger partial charge on any atom is 0.416 e. The van der Waals surface area contributed by atoms with Crippen molar-refractivity contribution in [3.8, 4) is 0 Å². The van der Waals surface area contributed by atoms with Gasteiger partial charge in [-0.15, -0.1) is 0 Å². The predicted molar refractivity (Wildman–Crippen MR) is 104 cm³/mol. The van der Waals surface area contributed by atoms with Crippen LogP contribution >= 0.6 is 11.6 Å². The van der Waals surface area contributed by atoms with E-state index < -0.39 is 11.7 Å². The molecule has 5 nitrogen and oxygen atoms in total. The van der Waals surface area contributed by atoms with Crippen LogP contribution in [0.15, 0.2) is 36.5 Å². The molecule has 1 aromatic carbocycles. The van der Waals surface area contributed by atoms with Gasteiger partial charge in [-0.2, -0.15) is 13.2 Å². The normalized spacial score (nSPS) is 15.8. The van der Waals surface area contributed by atoms with Crippen LogP contribution in [-0.4, -0.2) is 48.6 Å². The van der Waals surface area contributed by atoms with Crippen molar-refractivity contribution in [1.82, 2.24) is 9.88 Å². The Morgan fingerprint density at radius 2 is 1.93 bits per heavy atom. The first-order chi connectivity index (χ1) is 13.8. The van der Waals surface area contributed by atoms with Gasteiger partial charge in [0.05, 0.1) is 29.4 Å². The average molecular weight is 428 g/mol. The molecule has 1 aliphatic rings. The van der Waals surface area contributed by atoms with E-state index in [9.17, 15) is 18.0 Å². The predicted octanol–water partition coefficient (Wildman–Crippen LogP) is 4.44. The second kappa shape index (κ2) is 9.00. The highest BCUT2D eigenvalue weighted by molar-refractivity contribution is 6.33. The van der Waals surface area contributed by atoms with Crippen molar-refractivity contribution in [2.24, 2.45) is 0 Å². The number of carbonyl (C=O) groups is 1. The first kappa shape index (κ1) is 21.4. The lowest BCUT2D eigenvalue weighted by Gasteiger charge is -2.26. The van der Waals surface area contributed by atoms with Gasteiger partial charge < -0.3 is 15.0 Å². The molecule has 1 N–H and O–H groups in total. The zero-order chi connectivity index (χ0) is 21.0. The maximum atomic E-state index is 12.7. The van der Waals surface area contributed by atoms with Gasteiger partial charge in [-0.05, 0) is 29.7 Å². The SMILES string of the molecule is CC(CNc1ncc(C(=O)N2CCOCC2)cc1Cl)c1ccc(C(F)(F)F)cc1. The Kier molecular flexibility index (Phi) is 6.64. The molecule has 0 bridgehead atoms. The lowest BCUT2D eigenvalue weighted by Crippen LogP contribution is -2.40.